The van der Waals surface area contributed by atoms with Gasteiger partial charge in [0.2, 0.25) is 0 Å². The Hall–Kier alpha value is -4.19. The summed E-state index contributed by atoms with van der Waals surface area (Å²) in [5, 5.41) is 12.7. The number of aromatic amines is 2. The van der Waals surface area contributed by atoms with E-state index < -0.39 is 5.54 Å². The van der Waals surface area contributed by atoms with E-state index >= 15 is 0 Å². The van der Waals surface area contributed by atoms with Crippen molar-refractivity contribution in [3.63, 3.8) is 0 Å². The van der Waals surface area contributed by atoms with E-state index in [0.29, 0.717) is 65.4 Å². The summed E-state index contributed by atoms with van der Waals surface area (Å²) < 4.78 is 0. The molecule has 7 rings (SSSR count). The van der Waals surface area contributed by atoms with E-state index in [1.165, 1.54) is 6.42 Å². The van der Waals surface area contributed by atoms with E-state index in [9.17, 15) is 9.59 Å². The normalized spacial score (nSPS) is 27.2. The van der Waals surface area contributed by atoms with Crippen LogP contribution in [0.4, 0.5) is 0 Å². The van der Waals surface area contributed by atoms with Gasteiger partial charge in [0.1, 0.15) is 11.4 Å². The Labute approximate surface area is 234 Å². The minimum absolute atomic E-state index is 0.0544. The summed E-state index contributed by atoms with van der Waals surface area (Å²) in [5.74, 6) is 2.39. The van der Waals surface area contributed by atoms with Crippen molar-refractivity contribution < 1.29 is 9.59 Å². The summed E-state index contributed by atoms with van der Waals surface area (Å²) in [5.41, 5.74) is 1.94. The second-order valence-electron chi connectivity index (χ2n) is 12.4. The van der Waals surface area contributed by atoms with Crippen molar-refractivity contribution in [1.82, 2.24) is 30.2 Å². The molecule has 206 valence electrons. The standard InChI is InChI=1S/C31H35N7O2/c1-19-22(8-23-9-26(19)30(23,2)3)16-38-28(10-27(39)21-6-4-20(13-32)5-7-21)37-31(29(38)40,11-24-14-33-17-35-24)12-25-15-34-18-36-25/h4-7,10,14-15,17-19,22-23,26,37H,8-9,11-12,16H2,1-3H3,(H,33,35)(H,34,36)/b28-10+. The Bertz CT molecular complexity index is 1430. The van der Waals surface area contributed by atoms with Crippen LogP contribution in [0.5, 0.6) is 0 Å². The minimum atomic E-state index is -1.02. The first kappa shape index (κ1) is 26.1. The number of H-pyrrole nitrogens is 2. The second kappa shape index (κ2) is 9.77. The van der Waals surface area contributed by atoms with Crippen molar-refractivity contribution in [2.75, 3.05) is 6.54 Å². The molecule has 1 aromatic carbocycles. The van der Waals surface area contributed by atoms with E-state index in [-0.39, 0.29) is 11.7 Å². The highest BCUT2D eigenvalue weighted by atomic mass is 16.2. The van der Waals surface area contributed by atoms with Gasteiger partial charge in [-0.1, -0.05) is 20.8 Å². The lowest BCUT2D eigenvalue weighted by Crippen LogP contribution is -2.57. The van der Waals surface area contributed by atoms with Crippen molar-refractivity contribution >= 4 is 11.7 Å². The Morgan fingerprint density at radius 2 is 1.75 bits per heavy atom. The number of hydrogen-bond acceptors (Lipinski definition) is 6. The molecule has 40 heavy (non-hydrogen) atoms. The molecule has 0 spiro atoms. The van der Waals surface area contributed by atoms with Gasteiger partial charge in [-0.05, 0) is 66.2 Å². The SMILES string of the molecule is CC1C(CN2C(=O)C(Cc3cnc[nH]3)(Cc3cnc[nH]3)N/C2=C\C(=O)c2ccc(C#N)cc2)CC2CC1C2(C)C. The molecule has 4 aliphatic rings. The van der Waals surface area contributed by atoms with E-state index in [1.807, 2.05) is 4.90 Å². The van der Waals surface area contributed by atoms with Crippen LogP contribution in [0.3, 0.4) is 0 Å². The van der Waals surface area contributed by atoms with Crippen molar-refractivity contribution in [3.05, 3.63) is 83.7 Å². The Morgan fingerprint density at radius 1 is 1.10 bits per heavy atom. The molecule has 0 radical (unpaired) electrons. The number of hydrogen-bond donors (Lipinski definition) is 3. The fourth-order valence-corrected chi connectivity index (χ4v) is 7.39. The summed E-state index contributed by atoms with van der Waals surface area (Å²) in [6, 6.07) is 8.66. The van der Waals surface area contributed by atoms with E-state index in [0.717, 1.165) is 17.8 Å². The van der Waals surface area contributed by atoms with Gasteiger partial charge in [0.25, 0.3) is 5.91 Å². The first-order chi connectivity index (χ1) is 19.2. The molecule has 1 saturated heterocycles. The maximum absolute atomic E-state index is 14.5. The number of nitrogens with zero attached hydrogens (tertiary/aromatic N) is 4. The maximum Gasteiger partial charge on any atom is 0.254 e. The number of nitrogens with one attached hydrogen (secondary N) is 3. The molecule has 9 nitrogen and oxygen atoms in total. The zero-order valence-corrected chi connectivity index (χ0v) is 23.1. The highest BCUT2D eigenvalue weighted by molar-refractivity contribution is 6.06. The van der Waals surface area contributed by atoms with Crippen LogP contribution in [0, 0.1) is 40.4 Å². The largest absolute Gasteiger partial charge is 0.356 e. The van der Waals surface area contributed by atoms with Crippen molar-refractivity contribution in [2.45, 2.75) is 52.0 Å². The van der Waals surface area contributed by atoms with Crippen LogP contribution in [0.25, 0.3) is 0 Å². The number of carbonyl (C=O) groups excluding carboxylic acids is 2. The number of ketones is 1. The third-order valence-electron chi connectivity index (χ3n) is 9.90. The molecule has 1 amide bonds. The summed E-state index contributed by atoms with van der Waals surface area (Å²) in [6.07, 6.45) is 11.3. The molecule has 3 saturated carbocycles. The molecule has 9 heteroatoms. The molecule has 3 N–H and O–H groups in total. The predicted molar refractivity (Wildman–Crippen MR) is 148 cm³/mol. The smallest absolute Gasteiger partial charge is 0.254 e. The number of allylic oxidation sites excluding steroid dienone is 1. The first-order valence-corrected chi connectivity index (χ1v) is 14.0. The molecule has 4 atom stereocenters. The fourth-order valence-electron chi connectivity index (χ4n) is 7.39. The molecule has 1 aliphatic heterocycles. The molecule has 3 aromatic rings. The van der Waals surface area contributed by atoms with Crippen LogP contribution in [-0.4, -0.2) is 48.6 Å². The molecule has 2 bridgehead atoms. The quantitative estimate of drug-likeness (QED) is 0.294. The number of aromatic nitrogens is 4. The van der Waals surface area contributed by atoms with Gasteiger partial charge in [0, 0.05) is 54.8 Å². The van der Waals surface area contributed by atoms with Gasteiger partial charge in [0.05, 0.1) is 24.3 Å². The summed E-state index contributed by atoms with van der Waals surface area (Å²) in [6.45, 7) is 7.65. The van der Waals surface area contributed by atoms with Crippen LogP contribution < -0.4 is 5.32 Å². The highest BCUT2D eigenvalue weighted by Gasteiger charge is 2.57. The maximum atomic E-state index is 14.5. The lowest BCUT2D eigenvalue weighted by atomic mass is 9.43. The summed E-state index contributed by atoms with van der Waals surface area (Å²) >= 11 is 0. The molecule has 3 aliphatic carbocycles. The van der Waals surface area contributed by atoms with Crippen LogP contribution in [0.15, 0.2) is 61.2 Å². The fraction of sp³-hybridized carbons (Fsp3) is 0.452. The van der Waals surface area contributed by atoms with Gasteiger partial charge in [0.15, 0.2) is 5.78 Å². The zero-order chi connectivity index (χ0) is 28.1. The molecular weight excluding hydrogens is 502 g/mol. The van der Waals surface area contributed by atoms with Crippen LogP contribution >= 0.6 is 0 Å². The van der Waals surface area contributed by atoms with Gasteiger partial charge < -0.3 is 15.3 Å². The van der Waals surface area contributed by atoms with Crippen LogP contribution in [-0.2, 0) is 17.6 Å². The van der Waals surface area contributed by atoms with Gasteiger partial charge in [-0.25, -0.2) is 9.97 Å². The number of nitriles is 1. The predicted octanol–water partition coefficient (Wildman–Crippen LogP) is 4.00. The highest BCUT2D eigenvalue weighted by Crippen LogP contribution is 2.63. The van der Waals surface area contributed by atoms with E-state index in [2.05, 4.69) is 52.1 Å². The van der Waals surface area contributed by atoms with Gasteiger partial charge in [-0.2, -0.15) is 5.26 Å². The average molecular weight is 538 g/mol. The number of amides is 1. The number of fused-ring (bicyclic) bond motifs is 2. The minimum Gasteiger partial charge on any atom is -0.356 e. The third kappa shape index (κ3) is 4.41. The van der Waals surface area contributed by atoms with Gasteiger partial charge in [-0.15, -0.1) is 0 Å². The van der Waals surface area contributed by atoms with Gasteiger partial charge in [-0.3, -0.25) is 14.5 Å². The monoisotopic (exact) mass is 537 g/mol. The molecule has 4 fully saturated rings. The lowest BCUT2D eigenvalue weighted by Gasteiger charge is -2.62. The number of imidazole rings is 2. The van der Waals surface area contributed by atoms with Gasteiger partial charge >= 0.3 is 0 Å². The number of carbonyl (C=O) groups is 2. The second-order valence-corrected chi connectivity index (χ2v) is 12.4. The Kier molecular flexibility index (Phi) is 6.37. The molecule has 4 unspecified atom stereocenters. The number of benzene rings is 1. The van der Waals surface area contributed by atoms with E-state index in [1.54, 1.807) is 55.4 Å². The molecule has 2 aromatic heterocycles. The molecule has 3 heterocycles. The van der Waals surface area contributed by atoms with Crippen molar-refractivity contribution in [3.8, 4) is 6.07 Å². The Balaban J connectivity index is 1.36. The van der Waals surface area contributed by atoms with Crippen molar-refractivity contribution in [1.29, 1.82) is 5.26 Å². The van der Waals surface area contributed by atoms with Crippen LogP contribution in [0.2, 0.25) is 0 Å². The average Bonchev–Trinajstić information content (AvgIpc) is 3.69. The van der Waals surface area contributed by atoms with E-state index in [4.69, 9.17) is 5.26 Å². The van der Waals surface area contributed by atoms with Crippen molar-refractivity contribution in [2.24, 2.45) is 29.1 Å². The summed E-state index contributed by atoms with van der Waals surface area (Å²) in [4.78, 5) is 44.4. The number of rotatable bonds is 8. The zero-order valence-electron chi connectivity index (χ0n) is 23.1. The molecular formula is C31H35N7O2. The Morgan fingerprint density at radius 3 is 2.27 bits per heavy atom. The lowest BCUT2D eigenvalue weighted by molar-refractivity contribution is -0.142. The third-order valence-corrected chi connectivity index (χ3v) is 9.90. The topological polar surface area (TPSA) is 131 Å². The summed E-state index contributed by atoms with van der Waals surface area (Å²) in [7, 11) is 0. The van der Waals surface area contributed by atoms with Crippen LogP contribution in [0.1, 0.15) is 60.9 Å². The first-order valence-electron chi connectivity index (χ1n) is 14.0.